The number of likely N-dealkylation sites (tertiary alicyclic amines) is 1. The van der Waals surface area contributed by atoms with E-state index in [9.17, 15) is 4.79 Å². The monoisotopic (exact) mass is 498 g/mol. The number of fused-ring (bicyclic) bond motifs is 5. The van der Waals surface area contributed by atoms with E-state index in [1.165, 1.54) is 29.4 Å². The molecule has 4 atom stereocenters. The number of carbonyl (C=O) groups is 3. The zero-order valence-electron chi connectivity index (χ0n) is 21.4. The molecule has 9 nitrogen and oxygen atoms in total. The van der Waals surface area contributed by atoms with Crippen LogP contribution < -0.4 is 0 Å². The Morgan fingerprint density at radius 2 is 1.81 bits per heavy atom. The molecule has 0 radical (unpaired) electrons. The second-order valence-corrected chi connectivity index (χ2v) is 10.2. The average Bonchev–Trinajstić information content (AvgIpc) is 2.84. The Bertz CT molecular complexity index is 1040. The summed E-state index contributed by atoms with van der Waals surface area (Å²) in [6.07, 6.45) is 6.14. The maximum Gasteiger partial charge on any atom is 0.290 e. The molecule has 0 unspecified atom stereocenters. The highest BCUT2D eigenvalue weighted by molar-refractivity contribution is 5.83. The molecule has 1 amide bonds. The van der Waals surface area contributed by atoms with Gasteiger partial charge in [0, 0.05) is 56.3 Å². The molecule has 3 saturated heterocycles. The van der Waals surface area contributed by atoms with Crippen LogP contribution in [0.3, 0.4) is 0 Å². The number of amides is 1. The lowest BCUT2D eigenvalue weighted by Gasteiger charge is -2.57. The Morgan fingerprint density at radius 3 is 2.50 bits per heavy atom. The lowest BCUT2D eigenvalue weighted by molar-refractivity contribution is -0.153. The van der Waals surface area contributed by atoms with Crippen LogP contribution in [0.1, 0.15) is 36.8 Å². The molecule has 0 aliphatic carbocycles. The predicted octanol–water partition coefficient (Wildman–Crippen LogP) is 2.71. The van der Waals surface area contributed by atoms with E-state index in [2.05, 4.69) is 65.0 Å². The fourth-order valence-corrected chi connectivity index (χ4v) is 6.37. The second-order valence-electron chi connectivity index (χ2n) is 10.2. The number of carboxylic acid groups (broad SMARTS) is 2. The molecular weight excluding hydrogens is 460 g/mol. The molecule has 3 aliphatic heterocycles. The van der Waals surface area contributed by atoms with Gasteiger partial charge < -0.3 is 20.0 Å². The van der Waals surface area contributed by atoms with Crippen LogP contribution in [0, 0.1) is 18.8 Å². The van der Waals surface area contributed by atoms with Crippen LogP contribution in [-0.4, -0.2) is 94.6 Å². The summed E-state index contributed by atoms with van der Waals surface area (Å²) in [6.45, 7) is 5.88. The van der Waals surface area contributed by atoms with Gasteiger partial charge in [-0.1, -0.05) is 12.1 Å². The number of hydrogen-bond acceptors (Lipinski definition) is 6. The highest BCUT2D eigenvalue weighted by atomic mass is 16.3. The zero-order chi connectivity index (χ0) is 26.2. The Balaban J connectivity index is 0.000000550. The van der Waals surface area contributed by atoms with Crippen molar-refractivity contribution >= 4 is 29.8 Å². The first-order valence-electron chi connectivity index (χ1n) is 12.5. The molecule has 36 heavy (non-hydrogen) atoms. The van der Waals surface area contributed by atoms with E-state index < -0.39 is 0 Å². The summed E-state index contributed by atoms with van der Waals surface area (Å²) in [5.74, 6) is 1.58. The molecule has 2 N–H and O–H groups in total. The number of carbonyl (C=O) groups excluding carboxylic acids is 1. The maximum absolute atomic E-state index is 12.9. The first-order chi connectivity index (χ1) is 17.3. The molecule has 0 spiro atoms. The molecule has 4 heterocycles. The number of rotatable bonds is 4. The van der Waals surface area contributed by atoms with Gasteiger partial charge in [-0.05, 0) is 75.4 Å². The van der Waals surface area contributed by atoms with Crippen LogP contribution in [0.15, 0.2) is 30.5 Å². The number of benzene rings is 1. The van der Waals surface area contributed by atoms with Crippen molar-refractivity contribution in [1.29, 1.82) is 0 Å². The lowest BCUT2D eigenvalue weighted by atomic mass is 9.72. The summed E-state index contributed by atoms with van der Waals surface area (Å²) in [5, 5.41) is 15.1. The highest BCUT2D eigenvalue weighted by Gasteiger charge is 2.49. The van der Waals surface area contributed by atoms with E-state index in [-0.39, 0.29) is 12.9 Å². The third-order valence-corrected chi connectivity index (χ3v) is 7.64. The minimum absolute atomic E-state index is 0.250. The van der Waals surface area contributed by atoms with Crippen LogP contribution in [0.4, 0.5) is 0 Å². The van der Waals surface area contributed by atoms with E-state index in [1.807, 2.05) is 6.20 Å². The molecule has 5 rings (SSSR count). The van der Waals surface area contributed by atoms with Crippen LogP contribution in [0.25, 0.3) is 10.9 Å². The smallest absolute Gasteiger partial charge is 0.290 e. The van der Waals surface area contributed by atoms with Crippen molar-refractivity contribution in [3.63, 3.8) is 0 Å². The van der Waals surface area contributed by atoms with E-state index in [0.29, 0.717) is 29.8 Å². The number of aryl methyl sites for hydroxylation is 1. The minimum atomic E-state index is -0.250. The Hall–Kier alpha value is -3.04. The Kier molecular flexibility index (Phi) is 9.78. The summed E-state index contributed by atoms with van der Waals surface area (Å²) < 4.78 is 0. The van der Waals surface area contributed by atoms with E-state index >= 15 is 0 Å². The quantitative estimate of drug-likeness (QED) is 0.619. The molecule has 2 aromatic rings. The van der Waals surface area contributed by atoms with Gasteiger partial charge >= 0.3 is 0 Å². The SMILES string of the molecule is Cc1ccc2ncccc2c1CN1C[C@H]2C[C@@H](C1)[C@H](CN(C)C)N1C(=O)CCC[C@@H]21.O=CO.O=CO. The third kappa shape index (κ3) is 6.20. The van der Waals surface area contributed by atoms with Crippen LogP contribution in [0.5, 0.6) is 0 Å². The van der Waals surface area contributed by atoms with Crippen LogP contribution in [0.2, 0.25) is 0 Å². The van der Waals surface area contributed by atoms with Crippen molar-refractivity contribution in [2.75, 3.05) is 33.7 Å². The van der Waals surface area contributed by atoms with Crippen molar-refractivity contribution in [2.45, 2.75) is 51.2 Å². The van der Waals surface area contributed by atoms with Crippen molar-refractivity contribution in [3.8, 4) is 0 Å². The largest absolute Gasteiger partial charge is 0.483 e. The fraction of sp³-hybridized carbons (Fsp3) is 0.556. The topological polar surface area (TPSA) is 114 Å². The van der Waals surface area contributed by atoms with Crippen molar-refractivity contribution in [3.05, 3.63) is 41.6 Å². The third-order valence-electron chi connectivity index (χ3n) is 7.64. The average molecular weight is 499 g/mol. The molecular formula is C27H38N4O5. The summed E-state index contributed by atoms with van der Waals surface area (Å²) in [5.41, 5.74) is 3.86. The predicted molar refractivity (Wildman–Crippen MR) is 138 cm³/mol. The van der Waals surface area contributed by atoms with Gasteiger partial charge in [-0.3, -0.25) is 24.3 Å². The molecule has 3 fully saturated rings. The number of piperidine rings is 3. The summed E-state index contributed by atoms with van der Waals surface area (Å²) in [4.78, 5) is 41.5. The normalized spacial score (nSPS) is 25.2. The standard InChI is InChI=1S/C25H34N4O.2CH2O2/c1-17-9-10-22-20(6-5-11-26-22)21(17)15-28-13-18-12-19(14-28)24(16-27(2)3)29-23(18)7-4-8-25(29)30;2*2-1-3/h5-6,9-11,18-19,23-24H,4,7-8,12-16H2,1-3H3;2*1H,(H,2,3)/t18-,19+,23+,24+;;/m1../s1. The van der Waals surface area contributed by atoms with Crippen LogP contribution >= 0.6 is 0 Å². The van der Waals surface area contributed by atoms with Gasteiger partial charge in [0.15, 0.2) is 0 Å². The zero-order valence-corrected chi connectivity index (χ0v) is 21.4. The van der Waals surface area contributed by atoms with Gasteiger partial charge in [0.05, 0.1) is 5.52 Å². The van der Waals surface area contributed by atoms with Gasteiger partial charge in [-0.25, -0.2) is 0 Å². The number of aromatic nitrogens is 1. The number of pyridine rings is 1. The van der Waals surface area contributed by atoms with E-state index in [1.54, 1.807) is 0 Å². The van der Waals surface area contributed by atoms with E-state index in [0.717, 1.165) is 44.5 Å². The molecule has 3 aliphatic rings. The highest BCUT2D eigenvalue weighted by Crippen LogP contribution is 2.42. The van der Waals surface area contributed by atoms with Crippen LogP contribution in [-0.2, 0) is 20.9 Å². The van der Waals surface area contributed by atoms with E-state index in [4.69, 9.17) is 19.8 Å². The maximum atomic E-state index is 12.9. The van der Waals surface area contributed by atoms with Crippen molar-refractivity contribution < 1.29 is 24.6 Å². The molecule has 9 heteroatoms. The van der Waals surface area contributed by atoms with Gasteiger partial charge in [-0.2, -0.15) is 0 Å². The molecule has 196 valence electrons. The van der Waals surface area contributed by atoms with Gasteiger partial charge in [0.25, 0.3) is 12.9 Å². The Labute approximate surface area is 212 Å². The lowest BCUT2D eigenvalue weighted by Crippen LogP contribution is -2.66. The summed E-state index contributed by atoms with van der Waals surface area (Å²) in [7, 11) is 4.28. The molecule has 0 saturated carbocycles. The van der Waals surface area contributed by atoms with Gasteiger partial charge in [-0.15, -0.1) is 0 Å². The van der Waals surface area contributed by atoms with Crippen molar-refractivity contribution in [1.82, 2.24) is 19.7 Å². The summed E-state index contributed by atoms with van der Waals surface area (Å²) >= 11 is 0. The fourth-order valence-electron chi connectivity index (χ4n) is 6.37. The second kappa shape index (κ2) is 12.8. The van der Waals surface area contributed by atoms with Crippen molar-refractivity contribution in [2.24, 2.45) is 11.8 Å². The number of hydrogen-bond donors (Lipinski definition) is 2. The number of nitrogens with zero attached hydrogens (tertiary/aromatic N) is 4. The van der Waals surface area contributed by atoms with Gasteiger partial charge in [0.1, 0.15) is 0 Å². The minimum Gasteiger partial charge on any atom is -0.483 e. The summed E-state index contributed by atoms with van der Waals surface area (Å²) in [6, 6.07) is 9.40. The molecule has 1 aromatic carbocycles. The first-order valence-corrected chi connectivity index (χ1v) is 12.5. The Morgan fingerprint density at radius 1 is 1.11 bits per heavy atom. The molecule has 1 aromatic heterocycles. The first kappa shape index (κ1) is 27.5. The number of likely N-dealkylation sites (N-methyl/N-ethyl adjacent to an activating group) is 1. The van der Waals surface area contributed by atoms with Gasteiger partial charge in [0.2, 0.25) is 5.91 Å². The molecule has 2 bridgehead atoms.